The number of rotatable bonds is 7. The molecule has 1 fully saturated rings. The third-order valence-electron chi connectivity index (χ3n) is 3.30. The lowest BCUT2D eigenvalue weighted by Crippen LogP contribution is -2.19. The average molecular weight is 233 g/mol. The van der Waals surface area contributed by atoms with Gasteiger partial charge in [0.05, 0.1) is 23.8 Å². The first-order valence-corrected chi connectivity index (χ1v) is 6.77. The van der Waals surface area contributed by atoms with E-state index in [2.05, 4.69) is 35.5 Å². The minimum Gasteiger partial charge on any atom is -0.384 e. The molecule has 1 unspecified atom stereocenters. The van der Waals surface area contributed by atoms with Gasteiger partial charge in [-0.25, -0.2) is 0 Å². The SMILES string of the molecule is CCNc1cncc(NC(CC)CC2CC2)c1. The molecule has 0 amide bonds. The van der Waals surface area contributed by atoms with Gasteiger partial charge in [-0.05, 0) is 31.7 Å². The van der Waals surface area contributed by atoms with E-state index in [0.717, 1.165) is 23.8 Å². The maximum atomic E-state index is 4.26. The lowest BCUT2D eigenvalue weighted by Gasteiger charge is -2.18. The summed E-state index contributed by atoms with van der Waals surface area (Å²) in [7, 11) is 0. The molecule has 1 aliphatic carbocycles. The van der Waals surface area contributed by atoms with E-state index in [9.17, 15) is 0 Å². The Balaban J connectivity index is 1.92. The second-order valence-corrected chi connectivity index (χ2v) is 4.92. The van der Waals surface area contributed by atoms with E-state index in [-0.39, 0.29) is 0 Å². The molecule has 1 aliphatic rings. The van der Waals surface area contributed by atoms with Crippen LogP contribution in [-0.2, 0) is 0 Å². The third kappa shape index (κ3) is 3.91. The summed E-state index contributed by atoms with van der Waals surface area (Å²) in [4.78, 5) is 4.26. The molecule has 94 valence electrons. The predicted molar refractivity (Wildman–Crippen MR) is 73.4 cm³/mol. The van der Waals surface area contributed by atoms with Crippen LogP contribution in [0.2, 0.25) is 0 Å². The lowest BCUT2D eigenvalue weighted by atomic mass is 10.1. The Kier molecular flexibility index (Phi) is 4.24. The highest BCUT2D eigenvalue weighted by Gasteiger charge is 2.24. The molecule has 2 N–H and O–H groups in total. The van der Waals surface area contributed by atoms with Gasteiger partial charge < -0.3 is 10.6 Å². The quantitative estimate of drug-likeness (QED) is 0.756. The van der Waals surface area contributed by atoms with Gasteiger partial charge >= 0.3 is 0 Å². The van der Waals surface area contributed by atoms with E-state index in [1.807, 2.05) is 12.4 Å². The van der Waals surface area contributed by atoms with Gasteiger partial charge in [-0.1, -0.05) is 19.8 Å². The van der Waals surface area contributed by atoms with Gasteiger partial charge in [0, 0.05) is 12.6 Å². The smallest absolute Gasteiger partial charge is 0.0549 e. The molecule has 0 bridgehead atoms. The molecule has 2 rings (SSSR count). The molecule has 3 nitrogen and oxygen atoms in total. The van der Waals surface area contributed by atoms with Crippen LogP contribution < -0.4 is 10.6 Å². The number of hydrogen-bond donors (Lipinski definition) is 2. The number of anilines is 2. The number of nitrogens with zero attached hydrogens (tertiary/aromatic N) is 1. The molecule has 0 spiro atoms. The van der Waals surface area contributed by atoms with Gasteiger partial charge in [-0.3, -0.25) is 4.98 Å². The van der Waals surface area contributed by atoms with Crippen LogP contribution in [0.15, 0.2) is 18.5 Å². The summed E-state index contributed by atoms with van der Waals surface area (Å²) in [6, 6.07) is 2.74. The molecule has 0 radical (unpaired) electrons. The van der Waals surface area contributed by atoms with Crippen molar-refractivity contribution < 1.29 is 0 Å². The van der Waals surface area contributed by atoms with Gasteiger partial charge in [0.1, 0.15) is 0 Å². The van der Waals surface area contributed by atoms with Crippen molar-refractivity contribution in [2.45, 2.75) is 45.6 Å². The second kappa shape index (κ2) is 5.89. The van der Waals surface area contributed by atoms with E-state index in [4.69, 9.17) is 0 Å². The van der Waals surface area contributed by atoms with Gasteiger partial charge in [0.2, 0.25) is 0 Å². The van der Waals surface area contributed by atoms with E-state index in [1.54, 1.807) is 0 Å². The molecule has 3 heteroatoms. The zero-order valence-corrected chi connectivity index (χ0v) is 10.9. The predicted octanol–water partition coefficient (Wildman–Crippen LogP) is 3.50. The number of aromatic nitrogens is 1. The van der Waals surface area contributed by atoms with Gasteiger partial charge in [0.25, 0.3) is 0 Å². The lowest BCUT2D eigenvalue weighted by molar-refractivity contribution is 0.587. The zero-order chi connectivity index (χ0) is 12.1. The number of nitrogens with one attached hydrogen (secondary N) is 2. The summed E-state index contributed by atoms with van der Waals surface area (Å²) in [5.41, 5.74) is 2.23. The molecular weight excluding hydrogens is 210 g/mol. The Hall–Kier alpha value is -1.25. The molecule has 1 atom stereocenters. The first-order chi connectivity index (χ1) is 8.31. The van der Waals surface area contributed by atoms with Crippen LogP contribution in [0.5, 0.6) is 0 Å². The average Bonchev–Trinajstić information content (AvgIpc) is 3.13. The molecule has 0 aromatic carbocycles. The van der Waals surface area contributed by atoms with Crippen molar-refractivity contribution in [3.8, 4) is 0 Å². The molecule has 1 heterocycles. The Morgan fingerprint density at radius 2 is 2.06 bits per heavy atom. The van der Waals surface area contributed by atoms with Crippen LogP contribution in [0, 0.1) is 5.92 Å². The highest BCUT2D eigenvalue weighted by Crippen LogP contribution is 2.34. The van der Waals surface area contributed by atoms with E-state index < -0.39 is 0 Å². The van der Waals surface area contributed by atoms with Crippen molar-refractivity contribution in [2.24, 2.45) is 5.92 Å². The molecular formula is C14H23N3. The summed E-state index contributed by atoms with van der Waals surface area (Å²) in [6.07, 6.45) is 9.12. The summed E-state index contributed by atoms with van der Waals surface area (Å²) >= 11 is 0. The maximum Gasteiger partial charge on any atom is 0.0549 e. The topological polar surface area (TPSA) is 37.0 Å². The molecule has 1 aromatic rings. The van der Waals surface area contributed by atoms with E-state index >= 15 is 0 Å². The first-order valence-electron chi connectivity index (χ1n) is 6.77. The van der Waals surface area contributed by atoms with Crippen LogP contribution >= 0.6 is 0 Å². The number of hydrogen-bond acceptors (Lipinski definition) is 3. The fraction of sp³-hybridized carbons (Fsp3) is 0.643. The Morgan fingerprint density at radius 3 is 2.71 bits per heavy atom. The normalized spacial score (nSPS) is 16.6. The number of pyridine rings is 1. The Bertz CT molecular complexity index is 347. The molecule has 1 aromatic heterocycles. The van der Waals surface area contributed by atoms with Gasteiger partial charge in [-0.15, -0.1) is 0 Å². The van der Waals surface area contributed by atoms with Crippen LogP contribution in [0.3, 0.4) is 0 Å². The Labute approximate surface area is 104 Å². The van der Waals surface area contributed by atoms with Crippen molar-refractivity contribution in [1.82, 2.24) is 4.98 Å². The zero-order valence-electron chi connectivity index (χ0n) is 10.9. The highest BCUT2D eigenvalue weighted by molar-refractivity contribution is 5.54. The third-order valence-corrected chi connectivity index (χ3v) is 3.30. The largest absolute Gasteiger partial charge is 0.384 e. The van der Waals surface area contributed by atoms with Crippen molar-refractivity contribution in [2.75, 3.05) is 17.2 Å². The fourth-order valence-electron chi connectivity index (χ4n) is 2.14. The van der Waals surface area contributed by atoms with E-state index in [0.29, 0.717) is 6.04 Å². The van der Waals surface area contributed by atoms with Crippen LogP contribution in [0.4, 0.5) is 11.4 Å². The Morgan fingerprint density at radius 1 is 1.29 bits per heavy atom. The van der Waals surface area contributed by atoms with Gasteiger partial charge in [0.15, 0.2) is 0 Å². The van der Waals surface area contributed by atoms with Crippen LogP contribution in [-0.4, -0.2) is 17.6 Å². The monoisotopic (exact) mass is 233 g/mol. The fourth-order valence-corrected chi connectivity index (χ4v) is 2.14. The maximum absolute atomic E-state index is 4.26. The minimum atomic E-state index is 0.598. The van der Waals surface area contributed by atoms with Crippen molar-refractivity contribution in [3.05, 3.63) is 18.5 Å². The molecule has 17 heavy (non-hydrogen) atoms. The van der Waals surface area contributed by atoms with Gasteiger partial charge in [-0.2, -0.15) is 0 Å². The molecule has 1 saturated carbocycles. The van der Waals surface area contributed by atoms with E-state index in [1.165, 1.54) is 25.7 Å². The summed E-state index contributed by atoms with van der Waals surface area (Å²) in [5, 5.41) is 6.89. The standard InChI is InChI=1S/C14H23N3/c1-3-12(7-11-5-6-11)17-14-8-13(16-4-2)9-15-10-14/h8-12,16-17H,3-7H2,1-2H3. The second-order valence-electron chi connectivity index (χ2n) is 4.92. The van der Waals surface area contributed by atoms with Crippen molar-refractivity contribution in [3.63, 3.8) is 0 Å². The first kappa shape index (κ1) is 12.2. The summed E-state index contributed by atoms with van der Waals surface area (Å²) in [5.74, 6) is 0.970. The van der Waals surface area contributed by atoms with Crippen LogP contribution in [0.1, 0.15) is 39.5 Å². The minimum absolute atomic E-state index is 0.598. The highest BCUT2D eigenvalue weighted by atomic mass is 14.9. The van der Waals surface area contributed by atoms with Crippen molar-refractivity contribution in [1.29, 1.82) is 0 Å². The van der Waals surface area contributed by atoms with Crippen molar-refractivity contribution >= 4 is 11.4 Å². The summed E-state index contributed by atoms with van der Waals surface area (Å²) < 4.78 is 0. The molecule has 0 aliphatic heterocycles. The van der Waals surface area contributed by atoms with Crippen LogP contribution in [0.25, 0.3) is 0 Å². The summed E-state index contributed by atoms with van der Waals surface area (Å²) in [6.45, 7) is 5.29. The molecule has 0 saturated heterocycles.